The maximum absolute atomic E-state index is 6.33. The molecule has 0 saturated carbocycles. The standard InChI is InChI=1S/C39H24N2O2S/c1-2-8-24-18-37-32(17-23(24)7-1)39-38(44-37)21-27(22-40-39)41(25-13-15-30-28-9-3-5-11-33(28)42-35(30)19-25)26-14-16-31-29-10-4-6-12-34(29)43-36(31)20-26/h1-21,40H,22H2. The van der Waals surface area contributed by atoms with E-state index >= 15 is 0 Å². The number of hydrogen-bond donors (Lipinski definition) is 1. The third-order valence-electron chi connectivity index (χ3n) is 8.86. The molecule has 9 aromatic rings. The summed E-state index contributed by atoms with van der Waals surface area (Å²) in [5.74, 6) is 0. The highest BCUT2D eigenvalue weighted by Gasteiger charge is 2.24. The molecule has 0 bridgehead atoms. The second kappa shape index (κ2) is 8.99. The van der Waals surface area contributed by atoms with E-state index in [0.717, 1.165) is 60.9 Å². The predicted molar refractivity (Wildman–Crippen MR) is 185 cm³/mol. The summed E-state index contributed by atoms with van der Waals surface area (Å²) in [5.41, 5.74) is 7.98. The average molecular weight is 585 g/mol. The van der Waals surface area contributed by atoms with Crippen LogP contribution in [0.15, 0.2) is 136 Å². The molecule has 1 aliphatic heterocycles. The number of nitrogens with one attached hydrogen (secondary N) is 1. The zero-order valence-corrected chi connectivity index (χ0v) is 24.3. The van der Waals surface area contributed by atoms with Crippen molar-refractivity contribution in [2.45, 2.75) is 0 Å². The largest absolute Gasteiger partial charge is 0.456 e. The topological polar surface area (TPSA) is 41.6 Å². The van der Waals surface area contributed by atoms with E-state index in [4.69, 9.17) is 8.83 Å². The summed E-state index contributed by atoms with van der Waals surface area (Å²) in [6, 6.07) is 42.7. The summed E-state index contributed by atoms with van der Waals surface area (Å²) in [5, 5.41) is 12.1. The molecule has 0 aliphatic carbocycles. The van der Waals surface area contributed by atoms with Crippen LogP contribution in [0.25, 0.3) is 70.8 Å². The van der Waals surface area contributed by atoms with Crippen LogP contribution in [0.3, 0.4) is 0 Å². The Morgan fingerprint density at radius 2 is 1.11 bits per heavy atom. The summed E-state index contributed by atoms with van der Waals surface area (Å²) >= 11 is 1.83. The molecule has 0 atom stereocenters. The molecule has 0 amide bonds. The van der Waals surface area contributed by atoms with E-state index in [9.17, 15) is 0 Å². The van der Waals surface area contributed by atoms with Gasteiger partial charge in [-0.3, -0.25) is 0 Å². The lowest BCUT2D eigenvalue weighted by molar-refractivity contribution is 0.669. The van der Waals surface area contributed by atoms with Crippen LogP contribution in [-0.4, -0.2) is 6.54 Å². The van der Waals surface area contributed by atoms with Crippen molar-refractivity contribution in [3.63, 3.8) is 0 Å². The number of furan rings is 2. The number of thiophene rings is 1. The minimum atomic E-state index is 0.683. The van der Waals surface area contributed by atoms with E-state index in [-0.39, 0.29) is 0 Å². The molecule has 4 heterocycles. The molecule has 4 nitrogen and oxygen atoms in total. The third kappa shape index (κ3) is 3.50. The van der Waals surface area contributed by atoms with E-state index in [2.05, 4.69) is 113 Å². The number of nitrogens with zero attached hydrogens (tertiary/aromatic N) is 1. The van der Waals surface area contributed by atoms with Crippen LogP contribution in [-0.2, 0) is 0 Å². The van der Waals surface area contributed by atoms with Crippen molar-refractivity contribution in [3.05, 3.63) is 132 Å². The molecule has 0 spiro atoms. The van der Waals surface area contributed by atoms with Gasteiger partial charge in [-0.15, -0.1) is 11.3 Å². The van der Waals surface area contributed by atoms with Crippen molar-refractivity contribution in [2.24, 2.45) is 0 Å². The Morgan fingerprint density at radius 3 is 1.77 bits per heavy atom. The first kappa shape index (κ1) is 24.0. The first-order chi connectivity index (χ1) is 21.8. The fourth-order valence-electron chi connectivity index (χ4n) is 6.80. The minimum Gasteiger partial charge on any atom is -0.456 e. The lowest BCUT2D eigenvalue weighted by atomic mass is 10.1. The Kier molecular flexibility index (Phi) is 4.90. The molecule has 1 N–H and O–H groups in total. The number of benzene rings is 6. The number of para-hydroxylation sites is 2. The quantitative estimate of drug-likeness (QED) is 0.224. The van der Waals surface area contributed by atoms with Crippen LogP contribution < -0.4 is 10.2 Å². The van der Waals surface area contributed by atoms with Crippen molar-refractivity contribution in [2.75, 3.05) is 16.8 Å². The van der Waals surface area contributed by atoms with Gasteiger partial charge in [0.25, 0.3) is 0 Å². The normalized spacial score (nSPS) is 13.2. The zero-order chi connectivity index (χ0) is 28.8. The highest BCUT2D eigenvalue weighted by atomic mass is 32.1. The Labute approximate surface area is 256 Å². The Morgan fingerprint density at radius 1 is 0.545 bits per heavy atom. The van der Waals surface area contributed by atoms with E-state index in [1.807, 2.05) is 35.6 Å². The molecule has 208 valence electrons. The third-order valence-corrected chi connectivity index (χ3v) is 9.96. The van der Waals surface area contributed by atoms with E-state index < -0.39 is 0 Å². The van der Waals surface area contributed by atoms with Crippen LogP contribution in [0, 0.1) is 0 Å². The molecule has 6 aromatic carbocycles. The summed E-state index contributed by atoms with van der Waals surface area (Å²) < 4.78 is 14.0. The lowest BCUT2D eigenvalue weighted by Gasteiger charge is -2.30. The van der Waals surface area contributed by atoms with Crippen LogP contribution in [0.4, 0.5) is 17.1 Å². The lowest BCUT2D eigenvalue weighted by Crippen LogP contribution is -2.24. The Bertz CT molecular complexity index is 2520. The van der Waals surface area contributed by atoms with Crippen LogP contribution in [0.5, 0.6) is 0 Å². The Hall–Kier alpha value is -5.52. The van der Waals surface area contributed by atoms with Crippen LogP contribution in [0.1, 0.15) is 4.88 Å². The molecule has 5 heteroatoms. The van der Waals surface area contributed by atoms with Crippen molar-refractivity contribution in [1.82, 2.24) is 0 Å². The van der Waals surface area contributed by atoms with Gasteiger partial charge < -0.3 is 19.1 Å². The molecular formula is C39H24N2O2S. The summed E-state index contributed by atoms with van der Waals surface area (Å²) in [6.07, 6.45) is 2.34. The number of fused-ring (bicyclic) bond motifs is 10. The number of hydrogen-bond acceptors (Lipinski definition) is 5. The molecular weight excluding hydrogens is 561 g/mol. The molecule has 0 radical (unpaired) electrons. The first-order valence-corrected chi connectivity index (χ1v) is 15.6. The molecule has 10 rings (SSSR count). The van der Waals surface area contributed by atoms with Gasteiger partial charge in [0.1, 0.15) is 22.3 Å². The number of anilines is 3. The number of rotatable bonds is 3. The molecule has 44 heavy (non-hydrogen) atoms. The summed E-state index contributed by atoms with van der Waals surface area (Å²) in [4.78, 5) is 3.56. The van der Waals surface area contributed by atoms with Gasteiger partial charge >= 0.3 is 0 Å². The molecule has 0 unspecified atom stereocenters. The maximum Gasteiger partial charge on any atom is 0.137 e. The van der Waals surface area contributed by atoms with E-state index in [1.54, 1.807) is 0 Å². The second-order valence-electron chi connectivity index (χ2n) is 11.4. The zero-order valence-electron chi connectivity index (χ0n) is 23.5. The SMILES string of the molecule is C1=C(N(c2ccc3c(c2)oc2ccccc23)c2ccc3c(c2)oc2ccccc23)CNc2c1sc1cc3ccccc3cc21. The van der Waals surface area contributed by atoms with Crippen molar-refractivity contribution in [3.8, 4) is 0 Å². The smallest absolute Gasteiger partial charge is 0.137 e. The monoisotopic (exact) mass is 584 g/mol. The highest BCUT2D eigenvalue weighted by Crippen LogP contribution is 2.44. The average Bonchev–Trinajstić information content (AvgIpc) is 3.73. The first-order valence-electron chi connectivity index (χ1n) is 14.8. The molecule has 0 fully saturated rings. The van der Waals surface area contributed by atoms with Gasteiger partial charge in [-0.2, -0.15) is 0 Å². The fraction of sp³-hybridized carbons (Fsp3) is 0.0256. The summed E-state index contributed by atoms with van der Waals surface area (Å²) in [6.45, 7) is 0.683. The van der Waals surface area contributed by atoms with Gasteiger partial charge in [0.15, 0.2) is 0 Å². The molecule has 1 aliphatic rings. The van der Waals surface area contributed by atoms with Gasteiger partial charge in [0.2, 0.25) is 0 Å². The summed E-state index contributed by atoms with van der Waals surface area (Å²) in [7, 11) is 0. The molecule has 0 saturated heterocycles. The fourth-order valence-corrected chi connectivity index (χ4v) is 7.97. The van der Waals surface area contributed by atoms with Gasteiger partial charge in [-0.25, -0.2) is 0 Å². The van der Waals surface area contributed by atoms with Crippen molar-refractivity contribution >= 4 is 99.2 Å². The highest BCUT2D eigenvalue weighted by molar-refractivity contribution is 7.20. The molecule has 3 aromatic heterocycles. The van der Waals surface area contributed by atoms with E-state index in [1.165, 1.54) is 31.4 Å². The van der Waals surface area contributed by atoms with Crippen molar-refractivity contribution in [1.29, 1.82) is 0 Å². The van der Waals surface area contributed by atoms with E-state index in [0.29, 0.717) is 6.54 Å². The van der Waals surface area contributed by atoms with Gasteiger partial charge in [-0.05, 0) is 65.4 Å². The predicted octanol–water partition coefficient (Wildman–Crippen LogP) is 11.5. The van der Waals surface area contributed by atoms with Gasteiger partial charge in [0, 0.05) is 60.8 Å². The Balaban J connectivity index is 1.18. The van der Waals surface area contributed by atoms with Crippen molar-refractivity contribution < 1.29 is 8.83 Å². The second-order valence-corrected chi connectivity index (χ2v) is 12.5. The van der Waals surface area contributed by atoms with Crippen LogP contribution in [0.2, 0.25) is 0 Å². The minimum absolute atomic E-state index is 0.683. The maximum atomic E-state index is 6.33. The van der Waals surface area contributed by atoms with Gasteiger partial charge in [-0.1, -0.05) is 60.7 Å². The van der Waals surface area contributed by atoms with Gasteiger partial charge in [0.05, 0.1) is 17.1 Å². The van der Waals surface area contributed by atoms with Crippen LogP contribution >= 0.6 is 11.3 Å².